The molecule has 0 aromatic heterocycles. The molecule has 1 aromatic rings. The van der Waals surface area contributed by atoms with Gasteiger partial charge in [0.05, 0.1) is 11.3 Å². The van der Waals surface area contributed by atoms with Gasteiger partial charge >= 0.3 is 0 Å². The Morgan fingerprint density at radius 3 is 2.85 bits per heavy atom. The Labute approximate surface area is 125 Å². The molecular formula is C12H14BrN3O3S. The predicted molar refractivity (Wildman–Crippen MR) is 78.1 cm³/mol. The summed E-state index contributed by atoms with van der Waals surface area (Å²) in [7, 11) is -3.59. The highest BCUT2D eigenvalue weighted by Gasteiger charge is 2.27. The highest BCUT2D eigenvalue weighted by molar-refractivity contribution is 9.10. The fourth-order valence-electron chi connectivity index (χ4n) is 2.47. The van der Waals surface area contributed by atoms with Crippen LogP contribution in [-0.2, 0) is 21.2 Å². The second kappa shape index (κ2) is 5.10. The second-order valence-electron chi connectivity index (χ2n) is 4.98. The molecule has 1 aromatic carbocycles. The van der Waals surface area contributed by atoms with Crippen LogP contribution >= 0.6 is 15.9 Å². The van der Waals surface area contributed by atoms with E-state index in [1.54, 1.807) is 12.1 Å². The van der Waals surface area contributed by atoms with Gasteiger partial charge in [-0.1, -0.05) is 0 Å². The molecule has 8 heteroatoms. The van der Waals surface area contributed by atoms with Gasteiger partial charge in [0.15, 0.2) is 0 Å². The number of halogens is 1. The Kier molecular flexibility index (Phi) is 3.57. The largest absolute Gasteiger partial charge is 0.325 e. The van der Waals surface area contributed by atoms with Crippen molar-refractivity contribution in [3.8, 4) is 0 Å². The number of anilines is 1. The van der Waals surface area contributed by atoms with Gasteiger partial charge in [0.25, 0.3) is 0 Å². The summed E-state index contributed by atoms with van der Waals surface area (Å²) in [6, 6.07) is 3.11. The molecule has 1 fully saturated rings. The number of amides is 1. The molecule has 108 valence electrons. The molecule has 0 bridgehead atoms. The van der Waals surface area contributed by atoms with Crippen LogP contribution in [0.2, 0.25) is 0 Å². The zero-order valence-corrected chi connectivity index (χ0v) is 13.0. The van der Waals surface area contributed by atoms with Gasteiger partial charge in [0.2, 0.25) is 15.9 Å². The molecule has 0 radical (unpaired) electrons. The summed E-state index contributed by atoms with van der Waals surface area (Å²) >= 11 is 3.27. The minimum Gasteiger partial charge on any atom is -0.325 e. The molecule has 1 saturated heterocycles. The average molecular weight is 360 g/mol. The Bertz CT molecular complexity index is 669. The van der Waals surface area contributed by atoms with Crippen LogP contribution in [0.25, 0.3) is 0 Å². The van der Waals surface area contributed by atoms with Gasteiger partial charge < -0.3 is 10.6 Å². The van der Waals surface area contributed by atoms with Crippen molar-refractivity contribution in [3.63, 3.8) is 0 Å². The maximum absolute atomic E-state index is 12.4. The Morgan fingerprint density at radius 1 is 1.35 bits per heavy atom. The van der Waals surface area contributed by atoms with E-state index in [4.69, 9.17) is 0 Å². The molecule has 6 nitrogen and oxygen atoms in total. The summed E-state index contributed by atoms with van der Waals surface area (Å²) in [6.07, 6.45) is 0.998. The number of hydrogen-bond donors (Lipinski definition) is 3. The molecule has 3 N–H and O–H groups in total. The number of fused-ring (bicyclic) bond motifs is 1. The Hall–Kier alpha value is -0.960. The number of carbonyl (C=O) groups is 1. The van der Waals surface area contributed by atoms with Crippen molar-refractivity contribution in [2.45, 2.75) is 23.8 Å². The Morgan fingerprint density at radius 2 is 2.15 bits per heavy atom. The summed E-state index contributed by atoms with van der Waals surface area (Å²) in [5, 5.41) is 5.81. The van der Waals surface area contributed by atoms with Crippen LogP contribution in [0.1, 0.15) is 12.0 Å². The summed E-state index contributed by atoms with van der Waals surface area (Å²) in [5.41, 5.74) is 1.38. The van der Waals surface area contributed by atoms with Gasteiger partial charge in [-0.3, -0.25) is 4.79 Å². The summed E-state index contributed by atoms with van der Waals surface area (Å²) in [4.78, 5) is 11.5. The highest BCUT2D eigenvalue weighted by atomic mass is 79.9. The van der Waals surface area contributed by atoms with Crippen molar-refractivity contribution in [1.29, 1.82) is 0 Å². The third kappa shape index (κ3) is 2.60. The van der Waals surface area contributed by atoms with Gasteiger partial charge in [-0.2, -0.15) is 0 Å². The number of rotatable bonds is 3. The third-order valence-corrected chi connectivity index (χ3v) is 5.93. The zero-order valence-electron chi connectivity index (χ0n) is 10.6. The van der Waals surface area contributed by atoms with Crippen LogP contribution in [0.5, 0.6) is 0 Å². The van der Waals surface area contributed by atoms with Crippen molar-refractivity contribution < 1.29 is 13.2 Å². The lowest BCUT2D eigenvalue weighted by Gasteiger charge is -2.14. The van der Waals surface area contributed by atoms with Crippen LogP contribution in [0.4, 0.5) is 5.69 Å². The van der Waals surface area contributed by atoms with E-state index in [0.717, 1.165) is 13.0 Å². The lowest BCUT2D eigenvalue weighted by atomic mass is 10.2. The van der Waals surface area contributed by atoms with Gasteiger partial charge in [-0.25, -0.2) is 13.1 Å². The van der Waals surface area contributed by atoms with E-state index in [1.165, 1.54) is 0 Å². The molecule has 2 heterocycles. The van der Waals surface area contributed by atoms with E-state index >= 15 is 0 Å². The normalized spacial score (nSPS) is 21.9. The van der Waals surface area contributed by atoms with Crippen molar-refractivity contribution in [1.82, 2.24) is 10.0 Å². The minimum atomic E-state index is -3.59. The molecule has 1 amide bonds. The molecule has 0 saturated carbocycles. The average Bonchev–Trinajstić information content (AvgIpc) is 2.95. The molecule has 3 rings (SSSR count). The fraction of sp³-hybridized carbons (Fsp3) is 0.417. The maximum Gasteiger partial charge on any atom is 0.241 e. The summed E-state index contributed by atoms with van der Waals surface area (Å²) in [6.45, 7) is 1.46. The van der Waals surface area contributed by atoms with E-state index in [0.29, 0.717) is 22.3 Å². The monoisotopic (exact) mass is 359 g/mol. The van der Waals surface area contributed by atoms with Gasteiger partial charge in [0.1, 0.15) is 0 Å². The zero-order chi connectivity index (χ0) is 14.3. The first-order valence-corrected chi connectivity index (χ1v) is 8.58. The van der Waals surface area contributed by atoms with Crippen molar-refractivity contribution in [2.75, 3.05) is 18.4 Å². The summed E-state index contributed by atoms with van der Waals surface area (Å²) in [5.74, 6) is -0.116. The fourth-order valence-corrected chi connectivity index (χ4v) is 4.83. The highest BCUT2D eigenvalue weighted by Crippen LogP contribution is 2.32. The molecule has 1 unspecified atom stereocenters. The van der Waals surface area contributed by atoms with Gasteiger partial charge in [-0.15, -0.1) is 0 Å². The molecule has 20 heavy (non-hydrogen) atoms. The first kappa shape index (κ1) is 14.0. The van der Waals surface area contributed by atoms with Crippen LogP contribution < -0.4 is 15.4 Å². The number of sulfonamides is 1. The molecule has 2 aliphatic rings. The van der Waals surface area contributed by atoms with Crippen LogP contribution in [0.15, 0.2) is 21.5 Å². The van der Waals surface area contributed by atoms with E-state index in [2.05, 4.69) is 31.3 Å². The third-order valence-electron chi connectivity index (χ3n) is 3.45. The first-order chi connectivity index (χ1) is 9.45. The van der Waals surface area contributed by atoms with E-state index in [1.807, 2.05) is 0 Å². The van der Waals surface area contributed by atoms with Gasteiger partial charge in [0, 0.05) is 22.7 Å². The van der Waals surface area contributed by atoms with Crippen LogP contribution in [-0.4, -0.2) is 33.5 Å². The lowest BCUT2D eigenvalue weighted by Crippen LogP contribution is -2.36. The minimum absolute atomic E-state index is 0.0834. The predicted octanol–water partition coefficient (Wildman–Crippen LogP) is 0.584. The number of benzene rings is 1. The maximum atomic E-state index is 12.4. The molecular weight excluding hydrogens is 346 g/mol. The number of nitrogens with one attached hydrogen (secondary N) is 3. The Balaban J connectivity index is 1.93. The van der Waals surface area contributed by atoms with Gasteiger partial charge in [-0.05, 0) is 46.6 Å². The van der Waals surface area contributed by atoms with Crippen LogP contribution in [0.3, 0.4) is 0 Å². The number of carbonyl (C=O) groups excluding carboxylic acids is 1. The smallest absolute Gasteiger partial charge is 0.241 e. The second-order valence-corrected chi connectivity index (χ2v) is 7.51. The van der Waals surface area contributed by atoms with E-state index < -0.39 is 10.0 Å². The van der Waals surface area contributed by atoms with Crippen molar-refractivity contribution >= 4 is 37.5 Å². The van der Waals surface area contributed by atoms with Crippen molar-refractivity contribution in [3.05, 3.63) is 22.2 Å². The first-order valence-electron chi connectivity index (χ1n) is 6.31. The molecule has 0 spiro atoms. The number of hydrogen-bond acceptors (Lipinski definition) is 4. The van der Waals surface area contributed by atoms with Crippen LogP contribution in [0, 0.1) is 0 Å². The van der Waals surface area contributed by atoms with Crippen molar-refractivity contribution in [2.24, 2.45) is 0 Å². The molecule has 2 aliphatic heterocycles. The molecule has 1 atom stereocenters. The lowest BCUT2D eigenvalue weighted by molar-refractivity contribution is -0.115. The quantitative estimate of drug-likeness (QED) is 0.736. The topological polar surface area (TPSA) is 87.3 Å². The van der Waals surface area contributed by atoms with E-state index in [-0.39, 0.29) is 23.3 Å². The van der Waals surface area contributed by atoms with E-state index in [9.17, 15) is 13.2 Å². The SMILES string of the molecule is O=C1Cc2cc(S(=O)(=O)NC3CCNC3)c(Br)cc2N1. The summed E-state index contributed by atoms with van der Waals surface area (Å²) < 4.78 is 28.0. The molecule has 0 aliphatic carbocycles. The standard InChI is InChI=1S/C12H14BrN3O3S/c13-9-5-10-7(4-12(17)15-10)3-11(9)20(18,19)16-8-1-2-14-6-8/h3,5,8,14,16H,1-2,4,6H2,(H,15,17).